The summed E-state index contributed by atoms with van der Waals surface area (Å²) in [4.78, 5) is 25.9. The highest BCUT2D eigenvalue weighted by atomic mass is 32.1. The Morgan fingerprint density at radius 3 is 2.67 bits per heavy atom. The first-order valence-corrected chi connectivity index (χ1v) is 10.9. The summed E-state index contributed by atoms with van der Waals surface area (Å²) in [7, 11) is 0. The molecule has 5 rings (SSSR count). The van der Waals surface area contributed by atoms with Gasteiger partial charge in [0.15, 0.2) is 18.1 Å². The quantitative estimate of drug-likeness (QED) is 0.445. The van der Waals surface area contributed by atoms with Gasteiger partial charge < -0.3 is 19.5 Å². The fourth-order valence-corrected chi connectivity index (χ4v) is 4.50. The van der Waals surface area contributed by atoms with Crippen LogP contribution in [0.4, 0.5) is 10.1 Å². The van der Waals surface area contributed by atoms with Crippen LogP contribution in [0.3, 0.4) is 0 Å². The van der Waals surface area contributed by atoms with Crippen LogP contribution in [0.25, 0.3) is 15.9 Å². The number of benzene rings is 2. The van der Waals surface area contributed by atoms with Gasteiger partial charge >= 0.3 is 5.97 Å². The summed E-state index contributed by atoms with van der Waals surface area (Å²) >= 11 is 1.19. The zero-order valence-corrected chi connectivity index (χ0v) is 18.3. The molecule has 2 aromatic carbocycles. The van der Waals surface area contributed by atoms with Crippen LogP contribution in [0, 0.1) is 12.7 Å². The van der Waals surface area contributed by atoms with Gasteiger partial charge in [-0.1, -0.05) is 0 Å². The molecule has 0 spiro atoms. The first kappa shape index (κ1) is 21.0. The largest absolute Gasteiger partial charge is 0.486 e. The lowest BCUT2D eigenvalue weighted by atomic mass is 10.2. The second kappa shape index (κ2) is 8.55. The van der Waals surface area contributed by atoms with Gasteiger partial charge in [0, 0.05) is 17.1 Å². The van der Waals surface area contributed by atoms with Crippen molar-refractivity contribution in [2.24, 2.45) is 0 Å². The molecular formula is C23H18FN3O5S. The molecule has 0 unspecified atom stereocenters. The molecule has 10 heteroatoms. The SMILES string of the molecule is Cc1nn(-c2ccc(F)cc2)c2sc(C(=O)OCC(=O)Nc3ccc4c(c3)OCCO4)cc12. The summed E-state index contributed by atoms with van der Waals surface area (Å²) in [6, 6.07) is 12.7. The maximum absolute atomic E-state index is 13.3. The lowest BCUT2D eigenvalue weighted by Crippen LogP contribution is -2.21. The summed E-state index contributed by atoms with van der Waals surface area (Å²) < 4.78 is 31.1. The van der Waals surface area contributed by atoms with Crippen molar-refractivity contribution in [1.82, 2.24) is 9.78 Å². The average Bonchev–Trinajstić information content (AvgIpc) is 3.39. The average molecular weight is 467 g/mol. The van der Waals surface area contributed by atoms with E-state index in [9.17, 15) is 14.0 Å². The molecule has 8 nitrogen and oxygen atoms in total. The van der Waals surface area contributed by atoms with Crippen molar-refractivity contribution < 1.29 is 28.2 Å². The number of hydrogen-bond donors (Lipinski definition) is 1. The lowest BCUT2D eigenvalue weighted by Gasteiger charge is -2.18. The van der Waals surface area contributed by atoms with Gasteiger partial charge in [-0.25, -0.2) is 13.9 Å². The van der Waals surface area contributed by atoms with Gasteiger partial charge in [-0.05, 0) is 49.4 Å². The number of carbonyl (C=O) groups is 2. The molecular weight excluding hydrogens is 449 g/mol. The molecule has 3 heterocycles. The fourth-order valence-electron chi connectivity index (χ4n) is 3.43. The molecule has 0 bridgehead atoms. The maximum atomic E-state index is 13.3. The number of aryl methyl sites for hydroxylation is 1. The van der Waals surface area contributed by atoms with E-state index < -0.39 is 18.5 Å². The smallest absolute Gasteiger partial charge is 0.348 e. The maximum Gasteiger partial charge on any atom is 0.348 e. The highest BCUT2D eigenvalue weighted by Gasteiger charge is 2.19. The van der Waals surface area contributed by atoms with Crippen molar-refractivity contribution in [2.45, 2.75) is 6.92 Å². The number of ether oxygens (including phenoxy) is 3. The highest BCUT2D eigenvalue weighted by molar-refractivity contribution is 7.20. The molecule has 0 atom stereocenters. The van der Waals surface area contributed by atoms with Crippen LogP contribution in [0.2, 0.25) is 0 Å². The van der Waals surface area contributed by atoms with E-state index in [-0.39, 0.29) is 5.82 Å². The molecule has 1 aliphatic heterocycles. The van der Waals surface area contributed by atoms with Gasteiger partial charge in [-0.2, -0.15) is 5.10 Å². The first-order valence-electron chi connectivity index (χ1n) is 10.1. The minimum atomic E-state index is -0.612. The molecule has 168 valence electrons. The number of aromatic nitrogens is 2. The van der Waals surface area contributed by atoms with E-state index in [1.807, 2.05) is 6.92 Å². The summed E-state index contributed by atoms with van der Waals surface area (Å²) in [5.41, 5.74) is 1.91. The van der Waals surface area contributed by atoms with E-state index in [0.717, 1.165) is 15.9 Å². The number of thiophene rings is 1. The van der Waals surface area contributed by atoms with Crippen molar-refractivity contribution in [3.8, 4) is 17.2 Å². The molecule has 0 aliphatic carbocycles. The van der Waals surface area contributed by atoms with Gasteiger partial charge in [0.05, 0.1) is 11.4 Å². The molecule has 1 N–H and O–H groups in total. The number of hydrogen-bond acceptors (Lipinski definition) is 7. The number of esters is 1. The zero-order chi connectivity index (χ0) is 22.9. The van der Waals surface area contributed by atoms with Gasteiger partial charge in [0.2, 0.25) is 0 Å². The Morgan fingerprint density at radius 2 is 1.88 bits per heavy atom. The molecule has 4 aromatic rings. The molecule has 1 aliphatic rings. The van der Waals surface area contributed by atoms with E-state index in [4.69, 9.17) is 14.2 Å². The molecule has 33 heavy (non-hydrogen) atoms. The molecule has 2 aromatic heterocycles. The number of carbonyl (C=O) groups excluding carboxylic acids is 2. The normalized spacial score (nSPS) is 12.5. The summed E-state index contributed by atoms with van der Waals surface area (Å²) in [5.74, 6) is -0.269. The lowest BCUT2D eigenvalue weighted by molar-refractivity contribution is -0.119. The highest BCUT2D eigenvalue weighted by Crippen LogP contribution is 2.33. The Bertz CT molecular complexity index is 1360. The molecule has 0 fully saturated rings. The van der Waals surface area contributed by atoms with Crippen molar-refractivity contribution in [3.63, 3.8) is 0 Å². The zero-order valence-electron chi connectivity index (χ0n) is 17.5. The predicted octanol–water partition coefficient (Wildman–Crippen LogP) is 4.10. The fraction of sp³-hybridized carbons (Fsp3) is 0.174. The second-order valence-electron chi connectivity index (χ2n) is 7.29. The Balaban J connectivity index is 1.26. The monoisotopic (exact) mass is 467 g/mol. The minimum Gasteiger partial charge on any atom is -0.486 e. The second-order valence-corrected chi connectivity index (χ2v) is 8.32. The summed E-state index contributed by atoms with van der Waals surface area (Å²) in [5, 5.41) is 7.93. The Labute approximate surface area is 191 Å². The van der Waals surface area contributed by atoms with E-state index in [0.29, 0.717) is 41.0 Å². The summed E-state index contributed by atoms with van der Waals surface area (Å²) in [6.07, 6.45) is 0. The minimum absolute atomic E-state index is 0.341. The number of amides is 1. The van der Waals surface area contributed by atoms with Gasteiger partial charge in [0.25, 0.3) is 5.91 Å². The van der Waals surface area contributed by atoms with Crippen molar-refractivity contribution >= 4 is 39.1 Å². The number of halogens is 1. The molecule has 0 saturated carbocycles. The van der Waals surface area contributed by atoms with Crippen LogP contribution in [-0.2, 0) is 9.53 Å². The third kappa shape index (κ3) is 4.24. The van der Waals surface area contributed by atoms with Gasteiger partial charge in [-0.3, -0.25) is 4.79 Å². The van der Waals surface area contributed by atoms with Crippen LogP contribution < -0.4 is 14.8 Å². The van der Waals surface area contributed by atoms with Crippen molar-refractivity contribution in [1.29, 1.82) is 0 Å². The number of fused-ring (bicyclic) bond motifs is 2. The van der Waals surface area contributed by atoms with Crippen molar-refractivity contribution in [3.05, 3.63) is 64.9 Å². The van der Waals surface area contributed by atoms with E-state index >= 15 is 0 Å². The predicted molar refractivity (Wildman–Crippen MR) is 120 cm³/mol. The third-order valence-corrected chi connectivity index (χ3v) is 6.07. The van der Waals surface area contributed by atoms with Gasteiger partial charge in [-0.15, -0.1) is 11.3 Å². The number of nitrogens with zero attached hydrogens (tertiary/aromatic N) is 2. The molecule has 0 saturated heterocycles. The van der Waals surface area contributed by atoms with Crippen LogP contribution >= 0.6 is 11.3 Å². The Kier molecular flexibility index (Phi) is 5.43. The number of anilines is 1. The van der Waals surface area contributed by atoms with Crippen molar-refractivity contribution in [2.75, 3.05) is 25.1 Å². The van der Waals surface area contributed by atoms with Crippen LogP contribution in [0.5, 0.6) is 11.5 Å². The summed E-state index contributed by atoms with van der Waals surface area (Å²) in [6.45, 7) is 2.30. The van der Waals surface area contributed by atoms with E-state index in [2.05, 4.69) is 10.4 Å². The molecule has 0 radical (unpaired) electrons. The Morgan fingerprint density at radius 1 is 1.12 bits per heavy atom. The van der Waals surface area contributed by atoms with E-state index in [1.165, 1.54) is 23.5 Å². The number of nitrogens with one attached hydrogen (secondary N) is 1. The first-order chi connectivity index (χ1) is 16.0. The van der Waals surface area contributed by atoms with Crippen LogP contribution in [0.1, 0.15) is 15.4 Å². The van der Waals surface area contributed by atoms with Crippen LogP contribution in [-0.4, -0.2) is 41.5 Å². The topological polar surface area (TPSA) is 91.7 Å². The number of rotatable bonds is 5. The third-order valence-electron chi connectivity index (χ3n) is 4.98. The van der Waals surface area contributed by atoms with Gasteiger partial charge in [0.1, 0.15) is 28.7 Å². The molecule has 1 amide bonds. The van der Waals surface area contributed by atoms with E-state index in [1.54, 1.807) is 41.1 Å². The van der Waals surface area contributed by atoms with Crippen LogP contribution in [0.15, 0.2) is 48.5 Å². The Hall–Kier alpha value is -3.92. The standard InChI is InChI=1S/C23H18FN3O5S/c1-13-17-11-20(33-22(17)27(26-13)16-5-2-14(24)3-6-16)23(29)32-12-21(28)25-15-4-7-18-19(10-15)31-9-8-30-18/h2-7,10-11H,8-9,12H2,1H3,(H,25,28).